The molecule has 1 aromatic carbocycles. The zero-order valence-corrected chi connectivity index (χ0v) is 26.1. The lowest BCUT2D eigenvalue weighted by Crippen LogP contribution is -2.26. The van der Waals surface area contributed by atoms with Crippen molar-refractivity contribution in [1.82, 2.24) is 4.90 Å². The van der Waals surface area contributed by atoms with Crippen molar-refractivity contribution in [2.24, 2.45) is 0 Å². The zero-order valence-electron chi connectivity index (χ0n) is 26.1. The zero-order chi connectivity index (χ0) is 27.3. The molecule has 1 rings (SSSR count). The van der Waals surface area contributed by atoms with Gasteiger partial charge in [0.05, 0.1) is 0 Å². The summed E-state index contributed by atoms with van der Waals surface area (Å²) in [6.45, 7) is 17.3. The molecular formula is C35H65NO. The van der Waals surface area contributed by atoms with Crippen molar-refractivity contribution in [3.8, 4) is 5.75 Å². The Labute approximate surface area is 233 Å². The molecule has 0 saturated heterocycles. The quantitative estimate of drug-likeness (QED) is 0.138. The molecule has 0 aliphatic rings. The van der Waals surface area contributed by atoms with Gasteiger partial charge < -0.3 is 5.11 Å². The fourth-order valence-corrected chi connectivity index (χ4v) is 5.71. The van der Waals surface area contributed by atoms with Gasteiger partial charge in [0, 0.05) is 6.54 Å². The highest BCUT2D eigenvalue weighted by Crippen LogP contribution is 2.39. The number of rotatable bonds is 24. The highest BCUT2D eigenvalue weighted by Gasteiger charge is 2.20. The van der Waals surface area contributed by atoms with E-state index >= 15 is 0 Å². The fraction of sp³-hybridized carbons (Fsp3) is 0.829. The molecule has 0 bridgehead atoms. The van der Waals surface area contributed by atoms with Crippen LogP contribution >= 0.6 is 0 Å². The lowest BCUT2D eigenvalue weighted by Gasteiger charge is -2.26. The third kappa shape index (κ3) is 14.6. The average molecular weight is 516 g/mol. The first-order valence-electron chi connectivity index (χ1n) is 16.6. The molecule has 2 nitrogen and oxygen atoms in total. The topological polar surface area (TPSA) is 23.5 Å². The van der Waals surface area contributed by atoms with Gasteiger partial charge in [-0.1, -0.05) is 144 Å². The molecule has 1 N–H and O–H groups in total. The second-order valence-corrected chi connectivity index (χ2v) is 12.0. The minimum Gasteiger partial charge on any atom is -0.507 e. The maximum absolute atomic E-state index is 11.5. The summed E-state index contributed by atoms with van der Waals surface area (Å²) in [4.78, 5) is 2.71. The Kier molecular flexibility index (Phi) is 20.1. The number of phenolic OH excluding ortho intramolecular Hbond substituents is 1. The van der Waals surface area contributed by atoms with Crippen molar-refractivity contribution >= 4 is 0 Å². The Morgan fingerprint density at radius 1 is 0.568 bits per heavy atom. The molecule has 216 valence electrons. The van der Waals surface area contributed by atoms with E-state index in [9.17, 15) is 5.11 Å². The van der Waals surface area contributed by atoms with Crippen LogP contribution in [0.3, 0.4) is 0 Å². The first kappa shape index (κ1) is 34.0. The molecule has 2 heteroatoms. The van der Waals surface area contributed by atoms with E-state index in [1.54, 1.807) is 0 Å². The third-order valence-electron chi connectivity index (χ3n) is 8.33. The van der Waals surface area contributed by atoms with Crippen molar-refractivity contribution in [3.63, 3.8) is 0 Å². The molecule has 0 amide bonds. The van der Waals surface area contributed by atoms with Gasteiger partial charge in [-0.3, -0.25) is 4.90 Å². The van der Waals surface area contributed by atoms with Gasteiger partial charge in [-0.25, -0.2) is 0 Å². The monoisotopic (exact) mass is 516 g/mol. The van der Waals surface area contributed by atoms with Gasteiger partial charge in [-0.2, -0.15) is 0 Å². The molecule has 0 aliphatic carbocycles. The van der Waals surface area contributed by atoms with Crippen LogP contribution in [0.25, 0.3) is 0 Å². The van der Waals surface area contributed by atoms with Crippen LogP contribution in [0, 0.1) is 0 Å². The van der Waals surface area contributed by atoms with E-state index in [0.717, 1.165) is 6.54 Å². The minimum absolute atomic E-state index is 0.422. The number of hydrogen-bond donors (Lipinski definition) is 1. The van der Waals surface area contributed by atoms with E-state index in [2.05, 4.69) is 58.6 Å². The van der Waals surface area contributed by atoms with E-state index in [1.807, 2.05) is 0 Å². The smallest absolute Gasteiger partial charge is 0.122 e. The van der Waals surface area contributed by atoms with E-state index in [1.165, 1.54) is 145 Å². The van der Waals surface area contributed by atoms with Gasteiger partial charge in [0.25, 0.3) is 0 Å². The molecule has 1 aromatic rings. The summed E-state index contributed by atoms with van der Waals surface area (Å²) >= 11 is 0. The van der Waals surface area contributed by atoms with Crippen LogP contribution in [0.2, 0.25) is 0 Å². The fourth-order valence-electron chi connectivity index (χ4n) is 5.71. The molecule has 0 fully saturated rings. The molecule has 2 unspecified atom stereocenters. The Morgan fingerprint density at radius 2 is 0.946 bits per heavy atom. The maximum atomic E-state index is 11.5. The van der Waals surface area contributed by atoms with Crippen LogP contribution in [0.4, 0.5) is 0 Å². The largest absolute Gasteiger partial charge is 0.507 e. The number of benzene rings is 1. The molecule has 0 heterocycles. The third-order valence-corrected chi connectivity index (χ3v) is 8.33. The van der Waals surface area contributed by atoms with Gasteiger partial charge in [0.15, 0.2) is 0 Å². The standard InChI is InChI=1S/C35H65NO/c1-7-11-15-19-23-30(5)33-27-32(28-34(35(33)37)31(6)24-20-16-12-8-2)29-36(25-21-17-13-9-3)26-22-18-14-10-4/h27-28,30-31,37H,7-26,29H2,1-6H3. The Bertz CT molecular complexity index is 618. The molecule has 0 saturated carbocycles. The summed E-state index contributed by atoms with van der Waals surface area (Å²) in [6, 6.07) is 4.75. The predicted molar refractivity (Wildman–Crippen MR) is 166 cm³/mol. The van der Waals surface area contributed by atoms with Gasteiger partial charge in [0.2, 0.25) is 0 Å². The average Bonchev–Trinajstić information content (AvgIpc) is 2.89. The summed E-state index contributed by atoms with van der Waals surface area (Å²) in [6.07, 6.45) is 23.3. The van der Waals surface area contributed by atoms with Crippen LogP contribution in [0.1, 0.15) is 186 Å². The molecular weight excluding hydrogens is 450 g/mol. The van der Waals surface area contributed by atoms with Gasteiger partial charge in [-0.05, 0) is 67.3 Å². The summed E-state index contributed by atoms with van der Waals surface area (Å²) in [7, 11) is 0. The Hall–Kier alpha value is -1.02. The van der Waals surface area contributed by atoms with Crippen LogP contribution in [-0.4, -0.2) is 23.1 Å². The number of unbranched alkanes of at least 4 members (excludes halogenated alkanes) is 12. The molecule has 0 radical (unpaired) electrons. The molecule has 0 aliphatic heterocycles. The van der Waals surface area contributed by atoms with Crippen molar-refractivity contribution in [1.29, 1.82) is 0 Å². The predicted octanol–water partition coefficient (Wildman–Crippen LogP) is 11.5. The highest BCUT2D eigenvalue weighted by molar-refractivity contribution is 5.47. The van der Waals surface area contributed by atoms with Crippen molar-refractivity contribution in [2.45, 2.75) is 175 Å². The van der Waals surface area contributed by atoms with E-state index in [4.69, 9.17) is 0 Å². The second-order valence-electron chi connectivity index (χ2n) is 12.0. The van der Waals surface area contributed by atoms with Crippen LogP contribution in [0.15, 0.2) is 12.1 Å². The molecule has 0 spiro atoms. The Balaban J connectivity index is 3.10. The second kappa shape index (κ2) is 21.9. The SMILES string of the molecule is CCCCCCC(C)c1cc(CN(CCCCCC)CCCCCC)cc(C(C)CCCCCC)c1O. The summed E-state index contributed by atoms with van der Waals surface area (Å²) in [5.41, 5.74) is 3.84. The van der Waals surface area contributed by atoms with Crippen molar-refractivity contribution < 1.29 is 5.11 Å². The van der Waals surface area contributed by atoms with Gasteiger partial charge in [-0.15, -0.1) is 0 Å². The van der Waals surface area contributed by atoms with Crippen LogP contribution in [-0.2, 0) is 6.54 Å². The van der Waals surface area contributed by atoms with E-state index in [-0.39, 0.29) is 0 Å². The first-order chi connectivity index (χ1) is 18.0. The maximum Gasteiger partial charge on any atom is 0.122 e. The Morgan fingerprint density at radius 3 is 1.32 bits per heavy atom. The lowest BCUT2D eigenvalue weighted by molar-refractivity contribution is 0.252. The van der Waals surface area contributed by atoms with Crippen LogP contribution in [0.5, 0.6) is 5.75 Å². The molecule has 37 heavy (non-hydrogen) atoms. The summed E-state index contributed by atoms with van der Waals surface area (Å²) in [5.74, 6) is 1.45. The molecule has 2 atom stereocenters. The van der Waals surface area contributed by atoms with E-state index in [0.29, 0.717) is 17.6 Å². The minimum atomic E-state index is 0.422. The van der Waals surface area contributed by atoms with E-state index < -0.39 is 0 Å². The van der Waals surface area contributed by atoms with Gasteiger partial charge in [0.1, 0.15) is 5.75 Å². The highest BCUT2D eigenvalue weighted by atomic mass is 16.3. The molecule has 0 aromatic heterocycles. The number of hydrogen-bond acceptors (Lipinski definition) is 2. The number of aromatic hydroxyl groups is 1. The number of phenols is 1. The van der Waals surface area contributed by atoms with Crippen molar-refractivity contribution in [3.05, 3.63) is 28.8 Å². The number of nitrogens with zero attached hydrogens (tertiary/aromatic N) is 1. The van der Waals surface area contributed by atoms with Crippen LogP contribution < -0.4 is 0 Å². The normalized spacial score (nSPS) is 13.4. The first-order valence-corrected chi connectivity index (χ1v) is 16.6. The van der Waals surface area contributed by atoms with Gasteiger partial charge >= 0.3 is 0 Å². The lowest BCUT2D eigenvalue weighted by atomic mass is 9.86. The summed E-state index contributed by atoms with van der Waals surface area (Å²) < 4.78 is 0. The van der Waals surface area contributed by atoms with Crippen molar-refractivity contribution in [2.75, 3.05) is 13.1 Å². The summed E-state index contributed by atoms with van der Waals surface area (Å²) in [5, 5.41) is 11.5.